The van der Waals surface area contributed by atoms with E-state index in [1.165, 1.54) is 39.0 Å². The van der Waals surface area contributed by atoms with Crippen LogP contribution in [0.25, 0.3) is 0 Å². The quantitative estimate of drug-likeness (QED) is 0.525. The molecule has 1 atom stereocenters. The van der Waals surface area contributed by atoms with Gasteiger partial charge in [0.05, 0.1) is 0 Å². The van der Waals surface area contributed by atoms with Gasteiger partial charge in [-0.15, -0.1) is 0 Å². The van der Waals surface area contributed by atoms with Gasteiger partial charge >= 0.3 is 0 Å². The van der Waals surface area contributed by atoms with Gasteiger partial charge < -0.3 is 5.32 Å². The van der Waals surface area contributed by atoms with Crippen molar-refractivity contribution in [1.29, 1.82) is 0 Å². The van der Waals surface area contributed by atoms with Crippen molar-refractivity contribution in [3.05, 3.63) is 0 Å². The first-order valence-corrected chi connectivity index (χ1v) is 4.27. The average Bonchev–Trinajstić information content (AvgIpc) is 2.29. The van der Waals surface area contributed by atoms with E-state index in [9.17, 15) is 0 Å². The Morgan fingerprint density at radius 1 is 1.40 bits per heavy atom. The molecule has 2 heteroatoms. The van der Waals surface area contributed by atoms with Crippen molar-refractivity contribution in [2.75, 3.05) is 26.2 Å². The minimum absolute atomic E-state index is 0.512. The molecule has 0 aromatic carbocycles. The molecule has 10 heavy (non-hydrogen) atoms. The van der Waals surface area contributed by atoms with Crippen molar-refractivity contribution in [2.24, 2.45) is 0 Å². The van der Waals surface area contributed by atoms with Crippen LogP contribution in [0.15, 0.2) is 0 Å². The van der Waals surface area contributed by atoms with Crippen LogP contribution in [0, 0.1) is 0 Å². The lowest BCUT2D eigenvalue weighted by Crippen LogP contribution is -2.55. The lowest BCUT2D eigenvalue weighted by Gasteiger charge is -2.39. The number of nitrogens with one attached hydrogen (secondary N) is 1. The molecule has 2 saturated heterocycles. The zero-order valence-electron chi connectivity index (χ0n) is 6.69. The predicted molar refractivity (Wildman–Crippen MR) is 42.1 cm³/mol. The molecule has 0 unspecified atom stereocenters. The van der Waals surface area contributed by atoms with Gasteiger partial charge in [-0.2, -0.15) is 0 Å². The van der Waals surface area contributed by atoms with Gasteiger partial charge in [-0.05, 0) is 26.3 Å². The fourth-order valence-electron chi connectivity index (χ4n) is 2.23. The van der Waals surface area contributed by atoms with E-state index in [-0.39, 0.29) is 0 Å². The van der Waals surface area contributed by atoms with Gasteiger partial charge in [0, 0.05) is 25.2 Å². The Labute approximate surface area is 62.6 Å². The SMILES string of the molecule is C[C@@]12CCCN1CCNC2. The zero-order valence-corrected chi connectivity index (χ0v) is 6.69. The molecule has 58 valence electrons. The number of fused-ring (bicyclic) bond motifs is 1. The second-order valence-corrected chi connectivity index (χ2v) is 3.76. The summed E-state index contributed by atoms with van der Waals surface area (Å²) >= 11 is 0. The Hall–Kier alpha value is -0.0800. The fraction of sp³-hybridized carbons (Fsp3) is 1.00. The second kappa shape index (κ2) is 2.21. The number of piperazine rings is 1. The fourth-order valence-corrected chi connectivity index (χ4v) is 2.23. The van der Waals surface area contributed by atoms with Crippen molar-refractivity contribution >= 4 is 0 Å². The molecule has 0 radical (unpaired) electrons. The smallest absolute Gasteiger partial charge is 0.0306 e. The van der Waals surface area contributed by atoms with Gasteiger partial charge in [0.25, 0.3) is 0 Å². The summed E-state index contributed by atoms with van der Waals surface area (Å²) in [5.41, 5.74) is 0.512. The molecule has 0 saturated carbocycles. The minimum atomic E-state index is 0.512. The summed E-state index contributed by atoms with van der Waals surface area (Å²) in [5.74, 6) is 0. The van der Waals surface area contributed by atoms with Crippen molar-refractivity contribution in [2.45, 2.75) is 25.3 Å². The first kappa shape index (κ1) is 6.62. The second-order valence-electron chi connectivity index (χ2n) is 3.76. The Morgan fingerprint density at radius 3 is 3.10 bits per heavy atom. The van der Waals surface area contributed by atoms with Crippen molar-refractivity contribution < 1.29 is 0 Å². The topological polar surface area (TPSA) is 15.3 Å². The third-order valence-corrected chi connectivity index (χ3v) is 2.97. The van der Waals surface area contributed by atoms with E-state index in [1.807, 2.05) is 0 Å². The van der Waals surface area contributed by atoms with Gasteiger partial charge in [-0.25, -0.2) is 0 Å². The minimum Gasteiger partial charge on any atom is -0.314 e. The largest absolute Gasteiger partial charge is 0.314 e. The van der Waals surface area contributed by atoms with E-state index >= 15 is 0 Å². The molecular formula is C8H16N2. The normalized spacial score (nSPS) is 41.7. The summed E-state index contributed by atoms with van der Waals surface area (Å²) in [6.45, 7) is 7.36. The van der Waals surface area contributed by atoms with Crippen LogP contribution in [0.3, 0.4) is 0 Å². The first-order chi connectivity index (χ1) is 4.81. The Morgan fingerprint density at radius 2 is 2.30 bits per heavy atom. The van der Waals surface area contributed by atoms with Crippen LogP contribution in [0.4, 0.5) is 0 Å². The molecule has 0 aliphatic carbocycles. The molecular weight excluding hydrogens is 124 g/mol. The van der Waals surface area contributed by atoms with Crippen LogP contribution in [0.1, 0.15) is 19.8 Å². The Balaban J connectivity index is 2.10. The molecule has 0 aromatic rings. The van der Waals surface area contributed by atoms with Crippen molar-refractivity contribution in [3.63, 3.8) is 0 Å². The van der Waals surface area contributed by atoms with Gasteiger partial charge in [0.1, 0.15) is 0 Å². The van der Waals surface area contributed by atoms with Crippen LogP contribution < -0.4 is 5.32 Å². The highest BCUT2D eigenvalue weighted by molar-refractivity contribution is 4.96. The van der Waals surface area contributed by atoms with Gasteiger partial charge in [-0.1, -0.05) is 0 Å². The zero-order chi connectivity index (χ0) is 7.03. The lowest BCUT2D eigenvalue weighted by atomic mass is 9.97. The van der Waals surface area contributed by atoms with Crippen LogP contribution in [-0.2, 0) is 0 Å². The molecule has 0 aromatic heterocycles. The van der Waals surface area contributed by atoms with E-state index in [2.05, 4.69) is 17.1 Å². The molecule has 2 aliphatic rings. The maximum Gasteiger partial charge on any atom is 0.0306 e. The molecule has 2 rings (SSSR count). The van der Waals surface area contributed by atoms with E-state index in [4.69, 9.17) is 0 Å². The molecule has 2 nitrogen and oxygen atoms in total. The highest BCUT2D eigenvalue weighted by atomic mass is 15.3. The van der Waals surface area contributed by atoms with Gasteiger partial charge in [0.2, 0.25) is 0 Å². The predicted octanol–water partition coefficient (Wildman–Crippen LogP) is 0.444. The monoisotopic (exact) mass is 140 g/mol. The summed E-state index contributed by atoms with van der Waals surface area (Å²) < 4.78 is 0. The van der Waals surface area contributed by atoms with Crippen LogP contribution in [0.5, 0.6) is 0 Å². The van der Waals surface area contributed by atoms with E-state index in [1.54, 1.807) is 0 Å². The maximum absolute atomic E-state index is 3.46. The van der Waals surface area contributed by atoms with Crippen LogP contribution >= 0.6 is 0 Å². The molecule has 0 amide bonds. The van der Waals surface area contributed by atoms with E-state index in [0.717, 1.165) is 0 Å². The van der Waals surface area contributed by atoms with Crippen LogP contribution in [-0.4, -0.2) is 36.6 Å². The molecule has 2 fully saturated rings. The molecule has 2 heterocycles. The number of hydrogen-bond acceptors (Lipinski definition) is 2. The van der Waals surface area contributed by atoms with Gasteiger partial charge in [0.15, 0.2) is 0 Å². The third-order valence-electron chi connectivity index (χ3n) is 2.97. The molecule has 0 spiro atoms. The highest BCUT2D eigenvalue weighted by Gasteiger charge is 2.37. The number of hydrogen-bond donors (Lipinski definition) is 1. The first-order valence-electron chi connectivity index (χ1n) is 4.27. The maximum atomic E-state index is 3.46. The molecule has 0 bridgehead atoms. The molecule has 1 N–H and O–H groups in total. The number of rotatable bonds is 0. The number of nitrogens with zero attached hydrogens (tertiary/aromatic N) is 1. The van der Waals surface area contributed by atoms with Crippen molar-refractivity contribution in [1.82, 2.24) is 10.2 Å². The van der Waals surface area contributed by atoms with E-state index < -0.39 is 0 Å². The average molecular weight is 140 g/mol. The summed E-state index contributed by atoms with van der Waals surface area (Å²) in [7, 11) is 0. The summed E-state index contributed by atoms with van der Waals surface area (Å²) in [4.78, 5) is 2.63. The summed E-state index contributed by atoms with van der Waals surface area (Å²) in [6, 6.07) is 0. The third kappa shape index (κ3) is 0.867. The summed E-state index contributed by atoms with van der Waals surface area (Å²) in [6.07, 6.45) is 2.79. The molecule has 2 aliphatic heterocycles. The highest BCUT2D eigenvalue weighted by Crippen LogP contribution is 2.29. The van der Waals surface area contributed by atoms with Crippen molar-refractivity contribution in [3.8, 4) is 0 Å². The Bertz CT molecular complexity index is 135. The summed E-state index contributed by atoms with van der Waals surface area (Å²) in [5, 5.41) is 3.46. The van der Waals surface area contributed by atoms with E-state index in [0.29, 0.717) is 5.54 Å². The van der Waals surface area contributed by atoms with Gasteiger partial charge in [-0.3, -0.25) is 4.90 Å². The van der Waals surface area contributed by atoms with Crippen LogP contribution in [0.2, 0.25) is 0 Å². The Kier molecular flexibility index (Phi) is 1.46. The standard InChI is InChI=1S/C8H16N2/c1-8-3-2-5-10(8)6-4-9-7-8/h9H,2-7H2,1H3/t8-/m0/s1. The lowest BCUT2D eigenvalue weighted by molar-refractivity contribution is 0.122.